The third kappa shape index (κ3) is 7.27. The van der Waals surface area contributed by atoms with Crippen LogP contribution in [0.5, 0.6) is 0 Å². The molecular formula is C28H33Cl2N5O2. The van der Waals surface area contributed by atoms with E-state index in [9.17, 15) is 9.59 Å². The second kappa shape index (κ2) is 13.0. The summed E-state index contributed by atoms with van der Waals surface area (Å²) in [6, 6.07) is 16.7. The maximum Gasteiger partial charge on any atom is 0.318 e. The number of hydrogen-bond acceptors (Lipinski definition) is 3. The quantitative estimate of drug-likeness (QED) is 0.308. The van der Waals surface area contributed by atoms with Crippen LogP contribution in [-0.4, -0.2) is 45.8 Å². The Morgan fingerprint density at radius 1 is 1.03 bits per heavy atom. The van der Waals surface area contributed by atoms with Gasteiger partial charge in [-0.1, -0.05) is 86.1 Å². The second-order valence-corrected chi connectivity index (χ2v) is 10.2. The summed E-state index contributed by atoms with van der Waals surface area (Å²) in [6.45, 7) is 2.54. The van der Waals surface area contributed by atoms with Crippen molar-refractivity contribution in [2.24, 2.45) is 0 Å². The van der Waals surface area contributed by atoms with E-state index in [1.165, 1.54) is 6.42 Å². The number of nitrogens with zero attached hydrogens (tertiary/aromatic N) is 3. The molecule has 4 rings (SSSR count). The number of hydrogen-bond donors (Lipinski definition) is 2. The van der Waals surface area contributed by atoms with Gasteiger partial charge in [-0.15, -0.1) is 0 Å². The maximum absolute atomic E-state index is 13.2. The third-order valence-electron chi connectivity index (χ3n) is 6.53. The molecule has 3 aromatic rings. The van der Waals surface area contributed by atoms with Crippen molar-refractivity contribution in [1.82, 2.24) is 20.0 Å². The molecule has 9 heteroatoms. The first-order valence-electron chi connectivity index (χ1n) is 12.9. The Kier molecular flexibility index (Phi) is 9.47. The first kappa shape index (κ1) is 27.0. The number of amides is 3. The van der Waals surface area contributed by atoms with Gasteiger partial charge in [0.05, 0.1) is 21.4 Å². The summed E-state index contributed by atoms with van der Waals surface area (Å²) in [5.41, 5.74) is 2.26. The van der Waals surface area contributed by atoms with Crippen LogP contribution in [0.1, 0.15) is 51.9 Å². The van der Waals surface area contributed by atoms with Crippen molar-refractivity contribution < 1.29 is 9.59 Å². The number of carbonyl (C=O) groups excluding carboxylic acids is 2. The molecule has 2 aromatic carbocycles. The molecule has 1 aliphatic carbocycles. The highest BCUT2D eigenvalue weighted by Crippen LogP contribution is 2.29. The molecule has 2 N–H and O–H groups in total. The lowest BCUT2D eigenvalue weighted by Crippen LogP contribution is -2.48. The van der Waals surface area contributed by atoms with E-state index >= 15 is 0 Å². The predicted molar refractivity (Wildman–Crippen MR) is 150 cm³/mol. The Labute approximate surface area is 228 Å². The van der Waals surface area contributed by atoms with E-state index in [2.05, 4.69) is 17.6 Å². The monoisotopic (exact) mass is 541 g/mol. The van der Waals surface area contributed by atoms with Crippen LogP contribution < -0.4 is 10.6 Å². The minimum atomic E-state index is -0.296. The van der Waals surface area contributed by atoms with E-state index < -0.39 is 0 Å². The summed E-state index contributed by atoms with van der Waals surface area (Å²) >= 11 is 12.4. The summed E-state index contributed by atoms with van der Waals surface area (Å²) in [4.78, 5) is 27.9. The Morgan fingerprint density at radius 3 is 2.49 bits per heavy atom. The summed E-state index contributed by atoms with van der Waals surface area (Å²) < 4.78 is 1.63. The van der Waals surface area contributed by atoms with E-state index in [1.807, 2.05) is 36.4 Å². The van der Waals surface area contributed by atoms with Gasteiger partial charge in [0.15, 0.2) is 0 Å². The summed E-state index contributed by atoms with van der Waals surface area (Å²) in [7, 11) is 0. The molecule has 0 bridgehead atoms. The summed E-state index contributed by atoms with van der Waals surface area (Å²) in [6.07, 6.45) is 7.21. The molecule has 196 valence electrons. The second-order valence-electron chi connectivity index (χ2n) is 9.40. The first-order chi connectivity index (χ1) is 17.9. The van der Waals surface area contributed by atoms with Crippen LogP contribution in [0.4, 0.5) is 10.6 Å². The lowest BCUT2D eigenvalue weighted by molar-refractivity contribution is -0.116. The zero-order valence-electron chi connectivity index (χ0n) is 21.1. The van der Waals surface area contributed by atoms with Gasteiger partial charge in [-0.3, -0.25) is 4.79 Å². The minimum absolute atomic E-state index is 0.0498. The van der Waals surface area contributed by atoms with Gasteiger partial charge >= 0.3 is 6.03 Å². The van der Waals surface area contributed by atoms with E-state index in [0.717, 1.165) is 44.1 Å². The molecule has 3 amide bonds. The van der Waals surface area contributed by atoms with Crippen LogP contribution in [0.15, 0.2) is 54.6 Å². The van der Waals surface area contributed by atoms with Crippen molar-refractivity contribution in [3.8, 4) is 16.9 Å². The number of aromatic nitrogens is 2. The van der Waals surface area contributed by atoms with Gasteiger partial charge in [0.1, 0.15) is 12.4 Å². The number of anilines is 1. The third-order valence-corrected chi connectivity index (χ3v) is 7.27. The molecule has 1 heterocycles. The molecule has 0 atom stereocenters. The molecular weight excluding hydrogens is 509 g/mol. The maximum atomic E-state index is 13.2. The molecule has 1 aliphatic rings. The molecule has 0 spiro atoms. The Bertz CT molecular complexity index is 1210. The van der Waals surface area contributed by atoms with E-state index in [1.54, 1.807) is 27.8 Å². The van der Waals surface area contributed by atoms with Gasteiger partial charge in [0.25, 0.3) is 0 Å². The number of unbranched alkanes of at least 4 members (excludes halogenated alkanes) is 1. The Hall–Kier alpha value is -3.03. The van der Waals surface area contributed by atoms with Crippen LogP contribution >= 0.6 is 23.2 Å². The summed E-state index contributed by atoms with van der Waals surface area (Å²) in [5.74, 6) is 0.182. The van der Waals surface area contributed by atoms with E-state index in [0.29, 0.717) is 33.8 Å². The van der Waals surface area contributed by atoms with Crippen molar-refractivity contribution in [3.63, 3.8) is 0 Å². The van der Waals surface area contributed by atoms with Crippen LogP contribution in [0, 0.1) is 0 Å². The van der Waals surface area contributed by atoms with Gasteiger partial charge in [-0.2, -0.15) is 5.10 Å². The highest BCUT2D eigenvalue weighted by atomic mass is 35.5. The molecule has 0 unspecified atom stereocenters. The zero-order valence-corrected chi connectivity index (χ0v) is 22.6. The van der Waals surface area contributed by atoms with Crippen molar-refractivity contribution in [2.75, 3.05) is 18.4 Å². The number of urea groups is 1. The number of rotatable bonds is 9. The molecule has 1 aromatic heterocycles. The molecule has 0 aliphatic heterocycles. The van der Waals surface area contributed by atoms with Crippen LogP contribution in [0.3, 0.4) is 0 Å². The number of nitrogens with one attached hydrogen (secondary N) is 2. The standard InChI is InChI=1S/C28H33Cl2N5O2/c1-2-3-16-34(28(37)31-21-12-8-5-9-13-21)19-27(36)32-26-18-25(20-10-6-4-7-11-20)33-35(26)22-14-15-23(29)24(30)17-22/h4,6-7,10-11,14-15,17-18,21H,2-3,5,8-9,12-13,16,19H2,1H3,(H,31,37)(H,32,36). The molecule has 7 nitrogen and oxygen atoms in total. The minimum Gasteiger partial charge on any atom is -0.335 e. The highest BCUT2D eigenvalue weighted by Gasteiger charge is 2.22. The average molecular weight is 543 g/mol. The largest absolute Gasteiger partial charge is 0.335 e. The fourth-order valence-corrected chi connectivity index (χ4v) is 4.80. The van der Waals surface area contributed by atoms with Gasteiger partial charge in [0.2, 0.25) is 5.91 Å². The van der Waals surface area contributed by atoms with Gasteiger partial charge < -0.3 is 15.5 Å². The number of benzene rings is 2. The van der Waals surface area contributed by atoms with Gasteiger partial charge in [-0.25, -0.2) is 9.48 Å². The van der Waals surface area contributed by atoms with E-state index in [4.69, 9.17) is 28.3 Å². The Balaban J connectivity index is 1.54. The topological polar surface area (TPSA) is 79.3 Å². The van der Waals surface area contributed by atoms with Crippen LogP contribution in [0.2, 0.25) is 10.0 Å². The molecule has 0 saturated heterocycles. The Morgan fingerprint density at radius 2 is 1.78 bits per heavy atom. The normalized spacial score (nSPS) is 13.8. The first-order valence-corrected chi connectivity index (χ1v) is 13.7. The predicted octanol–water partition coefficient (Wildman–Crippen LogP) is 6.93. The lowest BCUT2D eigenvalue weighted by atomic mass is 9.96. The van der Waals surface area contributed by atoms with Gasteiger partial charge in [-0.05, 0) is 37.5 Å². The number of carbonyl (C=O) groups is 2. The number of halogens is 2. The molecule has 1 saturated carbocycles. The SMILES string of the molecule is CCCCN(CC(=O)Nc1cc(-c2ccccc2)nn1-c1ccc(Cl)c(Cl)c1)C(=O)NC1CCCCC1. The fourth-order valence-electron chi connectivity index (χ4n) is 4.50. The fraction of sp³-hybridized carbons (Fsp3) is 0.393. The molecule has 37 heavy (non-hydrogen) atoms. The van der Waals surface area contributed by atoms with Crippen molar-refractivity contribution in [2.45, 2.75) is 57.9 Å². The molecule has 1 fully saturated rings. The van der Waals surface area contributed by atoms with E-state index in [-0.39, 0.29) is 24.5 Å². The van der Waals surface area contributed by atoms with Crippen molar-refractivity contribution in [1.29, 1.82) is 0 Å². The van der Waals surface area contributed by atoms with Crippen molar-refractivity contribution in [3.05, 3.63) is 64.6 Å². The van der Waals surface area contributed by atoms with Crippen LogP contribution in [-0.2, 0) is 4.79 Å². The lowest BCUT2D eigenvalue weighted by Gasteiger charge is -2.28. The zero-order chi connectivity index (χ0) is 26.2. The highest BCUT2D eigenvalue weighted by molar-refractivity contribution is 6.42. The smallest absolute Gasteiger partial charge is 0.318 e. The summed E-state index contributed by atoms with van der Waals surface area (Å²) in [5, 5.41) is 11.6. The van der Waals surface area contributed by atoms with Crippen molar-refractivity contribution >= 4 is 41.0 Å². The molecule has 0 radical (unpaired) electrons. The van der Waals surface area contributed by atoms with Crippen LogP contribution in [0.25, 0.3) is 16.9 Å². The average Bonchev–Trinajstić information content (AvgIpc) is 3.32. The van der Waals surface area contributed by atoms with Gasteiger partial charge in [0, 0.05) is 24.2 Å².